The Morgan fingerprint density at radius 1 is 0.857 bits per heavy atom. The molecule has 0 saturated carbocycles. The number of rotatable bonds is 1. The van der Waals surface area contributed by atoms with E-state index in [1.165, 1.54) is 22.3 Å². The van der Waals surface area contributed by atoms with Gasteiger partial charge in [0.1, 0.15) is 0 Å². The van der Waals surface area contributed by atoms with Gasteiger partial charge in [-0.2, -0.15) is 0 Å². The maximum Gasteiger partial charge on any atom is 0.0207 e. The first kappa shape index (κ1) is 9.26. The average molecular weight is 184 g/mol. The second-order valence-corrected chi connectivity index (χ2v) is 4.02. The average Bonchev–Trinajstić information content (AvgIpc) is 2.67. The van der Waals surface area contributed by atoms with Crippen LogP contribution in [0.25, 0.3) is 0 Å². The van der Waals surface area contributed by atoms with Crippen LogP contribution in [0.4, 0.5) is 0 Å². The van der Waals surface area contributed by atoms with Gasteiger partial charge in [0.05, 0.1) is 0 Å². The van der Waals surface area contributed by atoms with E-state index in [9.17, 15) is 0 Å². The summed E-state index contributed by atoms with van der Waals surface area (Å²) in [6.45, 7) is 6.60. The molecule has 0 unspecified atom stereocenters. The Hall–Kier alpha value is -1.30. The van der Waals surface area contributed by atoms with Crippen LogP contribution >= 0.6 is 0 Å². The number of benzene rings is 1. The monoisotopic (exact) mass is 184 g/mol. The Bertz CT molecular complexity index is 396. The van der Waals surface area contributed by atoms with E-state index in [4.69, 9.17) is 0 Å². The summed E-state index contributed by atoms with van der Waals surface area (Å²) in [5.74, 6) is 0.495. The Labute approximate surface area is 86.0 Å². The lowest BCUT2D eigenvalue weighted by atomic mass is 9.91. The maximum absolute atomic E-state index is 2.25. The molecule has 0 N–H and O–H groups in total. The van der Waals surface area contributed by atoms with E-state index in [1.807, 2.05) is 0 Å². The largest absolute Gasteiger partial charge is 0.0732 e. The highest BCUT2D eigenvalue weighted by Crippen LogP contribution is 2.28. The SMILES string of the molecule is Cc1ccc(C2C=CC=C2)c(C)c1C. The molecule has 72 valence electrons. The summed E-state index contributed by atoms with van der Waals surface area (Å²) in [6, 6.07) is 4.47. The molecule has 0 aliphatic heterocycles. The van der Waals surface area contributed by atoms with Gasteiger partial charge in [-0.25, -0.2) is 0 Å². The first-order valence-electron chi connectivity index (χ1n) is 5.12. The van der Waals surface area contributed by atoms with Crippen molar-refractivity contribution < 1.29 is 0 Å². The molecule has 14 heavy (non-hydrogen) atoms. The second-order valence-electron chi connectivity index (χ2n) is 4.02. The highest BCUT2D eigenvalue weighted by atomic mass is 14.2. The van der Waals surface area contributed by atoms with Gasteiger partial charge in [-0.05, 0) is 43.0 Å². The molecule has 0 heteroatoms. The summed E-state index contributed by atoms with van der Waals surface area (Å²) in [6.07, 6.45) is 8.74. The van der Waals surface area contributed by atoms with Crippen LogP contribution in [0.3, 0.4) is 0 Å². The number of hydrogen-bond donors (Lipinski definition) is 0. The van der Waals surface area contributed by atoms with Crippen LogP contribution in [0.2, 0.25) is 0 Å². The summed E-state index contributed by atoms with van der Waals surface area (Å²) >= 11 is 0. The Kier molecular flexibility index (Phi) is 2.28. The van der Waals surface area contributed by atoms with Crippen LogP contribution in [0, 0.1) is 20.8 Å². The van der Waals surface area contributed by atoms with E-state index in [-0.39, 0.29) is 0 Å². The molecule has 1 aliphatic rings. The zero-order valence-corrected chi connectivity index (χ0v) is 9.04. The molecular formula is C14H16. The minimum Gasteiger partial charge on any atom is -0.0732 e. The summed E-state index contributed by atoms with van der Waals surface area (Å²) < 4.78 is 0. The van der Waals surface area contributed by atoms with Crippen molar-refractivity contribution in [3.8, 4) is 0 Å². The van der Waals surface area contributed by atoms with Gasteiger partial charge in [-0.1, -0.05) is 36.4 Å². The third kappa shape index (κ3) is 1.41. The lowest BCUT2D eigenvalue weighted by molar-refractivity contribution is 1.05. The Morgan fingerprint density at radius 2 is 1.50 bits per heavy atom. The first-order valence-corrected chi connectivity index (χ1v) is 5.12. The van der Waals surface area contributed by atoms with E-state index < -0.39 is 0 Å². The first-order chi connectivity index (χ1) is 6.70. The zero-order valence-electron chi connectivity index (χ0n) is 9.04. The van der Waals surface area contributed by atoms with E-state index in [0.29, 0.717) is 5.92 Å². The van der Waals surface area contributed by atoms with Gasteiger partial charge in [0, 0.05) is 5.92 Å². The minimum absolute atomic E-state index is 0.495. The molecule has 2 rings (SSSR count). The van der Waals surface area contributed by atoms with Gasteiger partial charge in [-0.3, -0.25) is 0 Å². The molecule has 0 radical (unpaired) electrons. The van der Waals surface area contributed by atoms with Crippen LogP contribution < -0.4 is 0 Å². The van der Waals surface area contributed by atoms with Crippen molar-refractivity contribution in [1.82, 2.24) is 0 Å². The van der Waals surface area contributed by atoms with Gasteiger partial charge >= 0.3 is 0 Å². The molecular weight excluding hydrogens is 168 g/mol. The lowest BCUT2D eigenvalue weighted by Gasteiger charge is -2.14. The molecule has 0 bridgehead atoms. The van der Waals surface area contributed by atoms with Gasteiger partial charge in [0.15, 0.2) is 0 Å². The van der Waals surface area contributed by atoms with E-state index in [0.717, 1.165) is 0 Å². The molecule has 0 spiro atoms. The van der Waals surface area contributed by atoms with Gasteiger partial charge in [-0.15, -0.1) is 0 Å². The van der Waals surface area contributed by atoms with Crippen LogP contribution in [0.1, 0.15) is 28.2 Å². The fraction of sp³-hybridized carbons (Fsp3) is 0.286. The molecule has 1 aromatic rings. The highest BCUT2D eigenvalue weighted by molar-refractivity contribution is 5.45. The molecule has 0 heterocycles. The molecule has 0 nitrogen and oxygen atoms in total. The van der Waals surface area contributed by atoms with Crippen molar-refractivity contribution in [2.45, 2.75) is 26.7 Å². The highest BCUT2D eigenvalue weighted by Gasteiger charge is 2.11. The normalized spacial score (nSPS) is 15.4. The van der Waals surface area contributed by atoms with Crippen LogP contribution in [-0.2, 0) is 0 Å². The van der Waals surface area contributed by atoms with Gasteiger partial charge in [0.2, 0.25) is 0 Å². The lowest BCUT2D eigenvalue weighted by Crippen LogP contribution is -1.97. The van der Waals surface area contributed by atoms with Crippen molar-refractivity contribution >= 4 is 0 Å². The maximum atomic E-state index is 2.25. The third-order valence-electron chi connectivity index (χ3n) is 3.21. The summed E-state index contributed by atoms with van der Waals surface area (Å²) in [7, 11) is 0. The summed E-state index contributed by atoms with van der Waals surface area (Å²) in [5, 5.41) is 0. The van der Waals surface area contributed by atoms with E-state index in [2.05, 4.69) is 57.2 Å². The van der Waals surface area contributed by atoms with Crippen molar-refractivity contribution in [3.63, 3.8) is 0 Å². The number of allylic oxidation sites excluding steroid dienone is 4. The zero-order chi connectivity index (χ0) is 10.1. The van der Waals surface area contributed by atoms with E-state index >= 15 is 0 Å². The molecule has 0 amide bonds. The second kappa shape index (κ2) is 3.45. The molecule has 1 aromatic carbocycles. The molecule has 0 saturated heterocycles. The third-order valence-corrected chi connectivity index (χ3v) is 3.21. The van der Waals surface area contributed by atoms with E-state index in [1.54, 1.807) is 0 Å². The smallest absolute Gasteiger partial charge is 0.0207 e. The summed E-state index contributed by atoms with van der Waals surface area (Å²) in [5.41, 5.74) is 5.69. The number of aryl methyl sites for hydroxylation is 1. The quantitative estimate of drug-likeness (QED) is 0.622. The van der Waals surface area contributed by atoms with Crippen LogP contribution in [-0.4, -0.2) is 0 Å². The van der Waals surface area contributed by atoms with Crippen LogP contribution in [0.5, 0.6) is 0 Å². The predicted molar refractivity (Wildman–Crippen MR) is 61.7 cm³/mol. The van der Waals surface area contributed by atoms with Crippen molar-refractivity contribution in [1.29, 1.82) is 0 Å². The number of hydrogen-bond acceptors (Lipinski definition) is 0. The van der Waals surface area contributed by atoms with Crippen molar-refractivity contribution in [3.05, 3.63) is 58.7 Å². The topological polar surface area (TPSA) is 0 Å². The molecule has 0 atom stereocenters. The fourth-order valence-corrected chi connectivity index (χ4v) is 1.98. The predicted octanol–water partition coefficient (Wildman–Crippen LogP) is 3.82. The van der Waals surface area contributed by atoms with Gasteiger partial charge < -0.3 is 0 Å². The Morgan fingerprint density at radius 3 is 2.14 bits per heavy atom. The fourth-order valence-electron chi connectivity index (χ4n) is 1.98. The Balaban J connectivity index is 2.49. The van der Waals surface area contributed by atoms with Gasteiger partial charge in [0.25, 0.3) is 0 Å². The minimum atomic E-state index is 0.495. The summed E-state index contributed by atoms with van der Waals surface area (Å²) in [4.78, 5) is 0. The van der Waals surface area contributed by atoms with Crippen molar-refractivity contribution in [2.75, 3.05) is 0 Å². The molecule has 0 fully saturated rings. The van der Waals surface area contributed by atoms with Crippen LogP contribution in [0.15, 0.2) is 36.4 Å². The standard InChI is InChI=1S/C14H16/c1-10-8-9-14(12(3)11(10)2)13-6-4-5-7-13/h4-9,13H,1-3H3. The van der Waals surface area contributed by atoms with Crippen molar-refractivity contribution in [2.24, 2.45) is 0 Å². The molecule has 0 aromatic heterocycles. The molecule has 1 aliphatic carbocycles.